The standard InChI is InChI=1S/C34H35N3O6S/c1-44(40,41)37-31-20-27(13-17-33(31)42-23-25-7-3-2-4-8-25)32(39)21-35-28(22-38)19-24-11-15-29(16-12-24)43-34-18-14-26-9-5-6-10-30(26)36-34/h2-18,20,28,32,35,37-39H,19,21-23H2,1H3/t28-,32-/m0/s1. The molecule has 5 rings (SSSR count). The molecule has 10 heteroatoms. The fourth-order valence-corrected chi connectivity index (χ4v) is 5.25. The molecule has 0 radical (unpaired) electrons. The zero-order chi connectivity index (χ0) is 30.9. The first-order chi connectivity index (χ1) is 21.3. The van der Waals surface area contributed by atoms with Crippen molar-refractivity contribution in [2.75, 3.05) is 24.1 Å². The van der Waals surface area contributed by atoms with Crippen molar-refractivity contribution in [3.8, 4) is 17.4 Å². The molecule has 1 aromatic heterocycles. The summed E-state index contributed by atoms with van der Waals surface area (Å²) in [7, 11) is -3.59. The Morgan fingerprint density at radius 1 is 0.864 bits per heavy atom. The molecule has 0 unspecified atom stereocenters. The first-order valence-electron chi connectivity index (χ1n) is 14.2. The molecule has 1 heterocycles. The Morgan fingerprint density at radius 2 is 1.61 bits per heavy atom. The highest BCUT2D eigenvalue weighted by atomic mass is 32.2. The summed E-state index contributed by atoms with van der Waals surface area (Å²) in [6.45, 7) is 0.260. The minimum atomic E-state index is -3.59. The SMILES string of the molecule is CS(=O)(=O)Nc1cc([C@@H](O)CN[C@H](CO)Cc2ccc(Oc3ccc4ccccc4n3)cc2)ccc1OCc1ccccc1. The highest BCUT2D eigenvalue weighted by molar-refractivity contribution is 7.92. The average molecular weight is 614 g/mol. The Labute approximate surface area is 257 Å². The van der Waals surface area contributed by atoms with E-state index in [4.69, 9.17) is 9.47 Å². The van der Waals surface area contributed by atoms with E-state index in [-0.39, 0.29) is 31.5 Å². The predicted molar refractivity (Wildman–Crippen MR) is 171 cm³/mol. The van der Waals surface area contributed by atoms with Gasteiger partial charge in [0.1, 0.15) is 18.1 Å². The lowest BCUT2D eigenvalue weighted by Crippen LogP contribution is -2.37. The maximum Gasteiger partial charge on any atom is 0.229 e. The van der Waals surface area contributed by atoms with Crippen molar-refractivity contribution in [1.29, 1.82) is 0 Å². The van der Waals surface area contributed by atoms with Crippen molar-refractivity contribution >= 4 is 26.6 Å². The second-order valence-corrected chi connectivity index (χ2v) is 12.2. The molecule has 2 atom stereocenters. The van der Waals surface area contributed by atoms with E-state index in [9.17, 15) is 18.6 Å². The third-order valence-electron chi connectivity index (χ3n) is 6.94. The number of pyridine rings is 1. The minimum Gasteiger partial charge on any atom is -0.487 e. The van der Waals surface area contributed by atoms with E-state index in [0.29, 0.717) is 29.4 Å². The number of nitrogens with zero attached hydrogens (tertiary/aromatic N) is 1. The van der Waals surface area contributed by atoms with Crippen LogP contribution in [0.2, 0.25) is 0 Å². The number of para-hydroxylation sites is 1. The van der Waals surface area contributed by atoms with Crippen LogP contribution in [-0.4, -0.2) is 49.1 Å². The Balaban J connectivity index is 1.18. The van der Waals surface area contributed by atoms with E-state index >= 15 is 0 Å². The van der Waals surface area contributed by atoms with Crippen LogP contribution in [0, 0.1) is 0 Å². The molecule has 44 heavy (non-hydrogen) atoms. The van der Waals surface area contributed by atoms with Gasteiger partial charge in [-0.1, -0.05) is 66.7 Å². The van der Waals surface area contributed by atoms with Crippen molar-refractivity contribution in [1.82, 2.24) is 10.3 Å². The Hall–Kier alpha value is -4.48. The summed E-state index contributed by atoms with van der Waals surface area (Å²) in [4.78, 5) is 4.54. The molecular formula is C34H35N3O6S. The number of aliphatic hydroxyl groups is 2. The van der Waals surface area contributed by atoms with Gasteiger partial charge in [-0.25, -0.2) is 13.4 Å². The summed E-state index contributed by atoms with van der Waals surface area (Å²) in [5.41, 5.74) is 3.50. The highest BCUT2D eigenvalue weighted by Gasteiger charge is 2.17. The van der Waals surface area contributed by atoms with Crippen LogP contribution in [0.3, 0.4) is 0 Å². The molecule has 0 amide bonds. The number of benzene rings is 4. The monoisotopic (exact) mass is 613 g/mol. The number of anilines is 1. The molecule has 0 aliphatic carbocycles. The first-order valence-corrected chi connectivity index (χ1v) is 16.1. The number of hydrogen-bond acceptors (Lipinski definition) is 8. The first kappa shape index (κ1) is 31.0. The number of nitrogens with one attached hydrogen (secondary N) is 2. The Morgan fingerprint density at radius 3 is 2.36 bits per heavy atom. The molecule has 4 aromatic carbocycles. The van der Waals surface area contributed by atoms with Crippen LogP contribution in [0.15, 0.2) is 109 Å². The lowest BCUT2D eigenvalue weighted by atomic mass is 10.0. The predicted octanol–water partition coefficient (Wildman–Crippen LogP) is 5.20. The second kappa shape index (κ2) is 14.3. The van der Waals surface area contributed by atoms with Crippen LogP contribution in [0.1, 0.15) is 22.8 Å². The van der Waals surface area contributed by atoms with Crippen molar-refractivity contribution in [2.24, 2.45) is 0 Å². The third kappa shape index (κ3) is 8.77. The van der Waals surface area contributed by atoms with Crippen LogP contribution in [-0.2, 0) is 23.1 Å². The number of rotatable bonds is 14. The van der Waals surface area contributed by atoms with E-state index in [1.165, 1.54) is 0 Å². The molecule has 228 valence electrons. The van der Waals surface area contributed by atoms with Crippen molar-refractivity contribution in [3.63, 3.8) is 0 Å². The van der Waals surface area contributed by atoms with Crippen LogP contribution in [0.5, 0.6) is 17.4 Å². The van der Waals surface area contributed by atoms with Gasteiger partial charge >= 0.3 is 0 Å². The summed E-state index contributed by atoms with van der Waals surface area (Å²) in [6.07, 6.45) is 0.617. The molecule has 0 saturated heterocycles. The molecule has 0 aliphatic rings. The maximum absolute atomic E-state index is 12.0. The molecule has 0 aliphatic heterocycles. The topological polar surface area (TPSA) is 130 Å². The van der Waals surface area contributed by atoms with Crippen LogP contribution in [0.4, 0.5) is 5.69 Å². The molecule has 0 spiro atoms. The van der Waals surface area contributed by atoms with E-state index in [1.54, 1.807) is 18.2 Å². The lowest BCUT2D eigenvalue weighted by molar-refractivity contribution is 0.158. The van der Waals surface area contributed by atoms with Gasteiger partial charge in [0.15, 0.2) is 0 Å². The van der Waals surface area contributed by atoms with Gasteiger partial charge in [0.25, 0.3) is 0 Å². The number of aromatic nitrogens is 1. The van der Waals surface area contributed by atoms with Gasteiger partial charge in [-0.15, -0.1) is 0 Å². The van der Waals surface area contributed by atoms with Crippen molar-refractivity contribution in [3.05, 3.63) is 126 Å². The number of sulfonamides is 1. The number of hydrogen-bond donors (Lipinski definition) is 4. The molecule has 0 saturated carbocycles. The van der Waals surface area contributed by atoms with Gasteiger partial charge in [-0.05, 0) is 59.5 Å². The quantitative estimate of drug-likeness (QED) is 0.134. The summed E-state index contributed by atoms with van der Waals surface area (Å²) >= 11 is 0. The maximum atomic E-state index is 12.0. The minimum absolute atomic E-state index is 0.140. The summed E-state index contributed by atoms with van der Waals surface area (Å²) in [5, 5.41) is 25.2. The normalized spacial score (nSPS) is 12.9. The fraction of sp³-hybridized carbons (Fsp3) is 0.206. The van der Waals surface area contributed by atoms with Gasteiger partial charge < -0.3 is 25.0 Å². The molecule has 0 fully saturated rings. The van der Waals surface area contributed by atoms with Crippen LogP contribution >= 0.6 is 0 Å². The van der Waals surface area contributed by atoms with Crippen molar-refractivity contribution < 1.29 is 28.1 Å². The molecular weight excluding hydrogens is 578 g/mol. The number of aliphatic hydroxyl groups excluding tert-OH is 2. The largest absolute Gasteiger partial charge is 0.487 e. The molecule has 5 aromatic rings. The van der Waals surface area contributed by atoms with E-state index in [2.05, 4.69) is 15.0 Å². The van der Waals surface area contributed by atoms with E-state index < -0.39 is 16.1 Å². The van der Waals surface area contributed by atoms with E-state index in [1.807, 2.05) is 91.0 Å². The van der Waals surface area contributed by atoms with Gasteiger partial charge in [-0.3, -0.25) is 4.72 Å². The number of ether oxygens (including phenoxy) is 2. The smallest absolute Gasteiger partial charge is 0.229 e. The Bertz CT molecular complexity index is 1780. The number of fused-ring (bicyclic) bond motifs is 1. The van der Waals surface area contributed by atoms with Gasteiger partial charge in [0.2, 0.25) is 15.9 Å². The van der Waals surface area contributed by atoms with Gasteiger partial charge in [0, 0.05) is 24.0 Å². The molecule has 9 nitrogen and oxygen atoms in total. The average Bonchev–Trinajstić information content (AvgIpc) is 3.02. The van der Waals surface area contributed by atoms with E-state index in [0.717, 1.165) is 28.3 Å². The highest BCUT2D eigenvalue weighted by Crippen LogP contribution is 2.30. The molecule has 4 N–H and O–H groups in total. The summed E-state index contributed by atoms with van der Waals surface area (Å²) in [6, 6.07) is 33.3. The zero-order valence-electron chi connectivity index (χ0n) is 24.3. The summed E-state index contributed by atoms with van der Waals surface area (Å²) in [5.74, 6) is 1.50. The Kier molecular flexibility index (Phi) is 10.1. The van der Waals surface area contributed by atoms with Crippen LogP contribution < -0.4 is 19.5 Å². The summed E-state index contributed by atoms with van der Waals surface area (Å²) < 4.78 is 38.3. The lowest BCUT2D eigenvalue weighted by Gasteiger charge is -2.21. The fourth-order valence-electron chi connectivity index (χ4n) is 4.70. The van der Waals surface area contributed by atoms with Gasteiger partial charge in [-0.2, -0.15) is 0 Å². The van der Waals surface area contributed by atoms with Crippen molar-refractivity contribution in [2.45, 2.75) is 25.2 Å². The second-order valence-electron chi connectivity index (χ2n) is 10.5. The molecule has 0 bridgehead atoms. The van der Waals surface area contributed by atoms with Crippen LogP contribution in [0.25, 0.3) is 10.9 Å². The zero-order valence-corrected chi connectivity index (χ0v) is 25.1. The van der Waals surface area contributed by atoms with Gasteiger partial charge in [0.05, 0.1) is 30.2 Å². The third-order valence-corrected chi connectivity index (χ3v) is 7.53.